The van der Waals surface area contributed by atoms with E-state index in [-0.39, 0.29) is 18.7 Å². The molecular formula is C8H16O3. The van der Waals surface area contributed by atoms with Crippen molar-refractivity contribution in [3.05, 3.63) is 0 Å². The van der Waals surface area contributed by atoms with Crippen molar-refractivity contribution in [2.24, 2.45) is 5.92 Å². The Morgan fingerprint density at radius 2 is 2.09 bits per heavy atom. The van der Waals surface area contributed by atoms with Crippen LogP contribution in [0.3, 0.4) is 0 Å². The first-order chi connectivity index (χ1) is 5.22. The molecule has 0 aromatic heterocycles. The monoisotopic (exact) mass is 160 g/mol. The molecule has 66 valence electrons. The second-order valence-electron chi connectivity index (χ2n) is 2.38. The molecule has 0 N–H and O–H groups in total. The van der Waals surface area contributed by atoms with E-state index in [0.717, 1.165) is 6.42 Å². The van der Waals surface area contributed by atoms with E-state index in [0.29, 0.717) is 6.61 Å². The topological polar surface area (TPSA) is 35.5 Å². The van der Waals surface area contributed by atoms with Crippen molar-refractivity contribution in [2.45, 2.75) is 27.2 Å². The van der Waals surface area contributed by atoms with E-state index in [2.05, 4.69) is 0 Å². The van der Waals surface area contributed by atoms with Gasteiger partial charge in [-0.1, -0.05) is 13.8 Å². The third kappa shape index (κ3) is 4.79. The third-order valence-electron chi connectivity index (χ3n) is 1.50. The van der Waals surface area contributed by atoms with Gasteiger partial charge in [-0.2, -0.15) is 0 Å². The number of hydrogen-bond acceptors (Lipinski definition) is 3. The highest BCUT2D eigenvalue weighted by atomic mass is 16.7. The lowest BCUT2D eigenvalue weighted by Gasteiger charge is -2.08. The molecule has 3 nitrogen and oxygen atoms in total. The summed E-state index contributed by atoms with van der Waals surface area (Å²) in [6.45, 7) is 6.31. The Labute approximate surface area is 67.7 Å². The zero-order valence-electron chi connectivity index (χ0n) is 7.42. The average molecular weight is 160 g/mol. The number of carbonyl (C=O) groups is 1. The molecule has 0 aliphatic heterocycles. The highest BCUT2D eigenvalue weighted by Gasteiger charge is 2.10. The molecule has 0 amide bonds. The Kier molecular flexibility index (Phi) is 5.84. The molecule has 0 fully saturated rings. The summed E-state index contributed by atoms with van der Waals surface area (Å²) >= 11 is 0. The minimum absolute atomic E-state index is 0.0181. The van der Waals surface area contributed by atoms with Crippen LogP contribution < -0.4 is 0 Å². The third-order valence-corrected chi connectivity index (χ3v) is 1.50. The van der Waals surface area contributed by atoms with Gasteiger partial charge in [-0.05, 0) is 13.3 Å². The fraction of sp³-hybridized carbons (Fsp3) is 0.875. The summed E-state index contributed by atoms with van der Waals surface area (Å²) in [6.07, 6.45) is 0.810. The first-order valence-electron chi connectivity index (χ1n) is 3.96. The molecule has 1 atom stereocenters. The molecule has 3 heteroatoms. The Hall–Kier alpha value is -0.570. The summed E-state index contributed by atoms with van der Waals surface area (Å²) in [4.78, 5) is 10.9. The number of carbonyl (C=O) groups excluding carboxylic acids is 1. The fourth-order valence-corrected chi connectivity index (χ4v) is 0.492. The highest BCUT2D eigenvalue weighted by Crippen LogP contribution is 2.02. The number of hydrogen-bond donors (Lipinski definition) is 0. The van der Waals surface area contributed by atoms with Crippen LogP contribution in [0.5, 0.6) is 0 Å². The van der Waals surface area contributed by atoms with E-state index < -0.39 is 0 Å². The van der Waals surface area contributed by atoms with Crippen molar-refractivity contribution in [1.29, 1.82) is 0 Å². The smallest absolute Gasteiger partial charge is 0.310 e. The van der Waals surface area contributed by atoms with Gasteiger partial charge in [0, 0.05) is 6.61 Å². The largest absolute Gasteiger partial charge is 0.438 e. The summed E-state index contributed by atoms with van der Waals surface area (Å²) in [5.74, 6) is -0.198. The molecule has 0 heterocycles. The maximum absolute atomic E-state index is 10.9. The Morgan fingerprint density at radius 1 is 1.45 bits per heavy atom. The Morgan fingerprint density at radius 3 is 2.55 bits per heavy atom. The maximum atomic E-state index is 10.9. The molecular weight excluding hydrogens is 144 g/mol. The standard InChI is InChI=1S/C8H16O3/c1-4-7(3)8(9)11-6-10-5-2/h7H,4-6H2,1-3H3. The zero-order valence-corrected chi connectivity index (χ0v) is 7.42. The van der Waals surface area contributed by atoms with Crippen LogP contribution in [-0.2, 0) is 14.3 Å². The average Bonchev–Trinajstić information content (AvgIpc) is 2.03. The molecule has 0 aliphatic rings. The van der Waals surface area contributed by atoms with E-state index in [9.17, 15) is 4.79 Å². The summed E-state index contributed by atoms with van der Waals surface area (Å²) in [7, 11) is 0. The van der Waals surface area contributed by atoms with Crippen LogP contribution >= 0.6 is 0 Å². The predicted octanol–water partition coefficient (Wildman–Crippen LogP) is 1.57. The van der Waals surface area contributed by atoms with E-state index in [4.69, 9.17) is 9.47 Å². The highest BCUT2D eigenvalue weighted by molar-refractivity contribution is 5.71. The molecule has 0 rings (SSSR count). The van der Waals surface area contributed by atoms with Gasteiger partial charge in [0.1, 0.15) is 0 Å². The quantitative estimate of drug-likeness (QED) is 0.348. The molecule has 0 aliphatic carbocycles. The Balaban J connectivity index is 3.36. The fourth-order valence-electron chi connectivity index (χ4n) is 0.492. The summed E-state index contributed by atoms with van der Waals surface area (Å²) in [6, 6.07) is 0. The first-order valence-corrected chi connectivity index (χ1v) is 3.96. The minimum atomic E-state index is -0.180. The van der Waals surface area contributed by atoms with Crippen LogP contribution in [0.1, 0.15) is 27.2 Å². The van der Waals surface area contributed by atoms with E-state index >= 15 is 0 Å². The Bertz CT molecular complexity index is 112. The molecule has 0 bridgehead atoms. The summed E-state index contributed by atoms with van der Waals surface area (Å²) in [5.41, 5.74) is 0. The summed E-state index contributed by atoms with van der Waals surface area (Å²) in [5, 5.41) is 0. The molecule has 0 aromatic rings. The van der Waals surface area contributed by atoms with Crippen LogP contribution in [0, 0.1) is 5.92 Å². The van der Waals surface area contributed by atoms with Crippen LogP contribution in [0.25, 0.3) is 0 Å². The van der Waals surface area contributed by atoms with E-state index in [1.165, 1.54) is 0 Å². The molecule has 0 spiro atoms. The molecule has 11 heavy (non-hydrogen) atoms. The van der Waals surface area contributed by atoms with Crippen molar-refractivity contribution < 1.29 is 14.3 Å². The van der Waals surface area contributed by atoms with Gasteiger partial charge in [-0.25, -0.2) is 0 Å². The molecule has 0 saturated carbocycles. The van der Waals surface area contributed by atoms with Gasteiger partial charge in [-0.3, -0.25) is 4.79 Å². The van der Waals surface area contributed by atoms with Crippen LogP contribution in [0.4, 0.5) is 0 Å². The number of ether oxygens (including phenoxy) is 2. The van der Waals surface area contributed by atoms with Gasteiger partial charge >= 0.3 is 5.97 Å². The van der Waals surface area contributed by atoms with Crippen LogP contribution in [0.15, 0.2) is 0 Å². The molecule has 0 radical (unpaired) electrons. The molecule has 1 unspecified atom stereocenters. The normalized spacial score (nSPS) is 12.6. The van der Waals surface area contributed by atoms with Crippen molar-refractivity contribution in [3.63, 3.8) is 0 Å². The number of esters is 1. The van der Waals surface area contributed by atoms with Crippen molar-refractivity contribution in [3.8, 4) is 0 Å². The van der Waals surface area contributed by atoms with E-state index in [1.54, 1.807) is 0 Å². The van der Waals surface area contributed by atoms with Gasteiger partial charge < -0.3 is 9.47 Å². The minimum Gasteiger partial charge on any atom is -0.438 e. The number of rotatable bonds is 5. The predicted molar refractivity (Wildman–Crippen MR) is 42.0 cm³/mol. The lowest BCUT2D eigenvalue weighted by Crippen LogP contribution is -2.15. The van der Waals surface area contributed by atoms with Gasteiger partial charge in [0.25, 0.3) is 0 Å². The van der Waals surface area contributed by atoms with Crippen molar-refractivity contribution >= 4 is 5.97 Å². The SMILES string of the molecule is CCOCOC(=O)C(C)CC. The van der Waals surface area contributed by atoms with Gasteiger partial charge in [-0.15, -0.1) is 0 Å². The lowest BCUT2D eigenvalue weighted by molar-refractivity contribution is -0.160. The van der Waals surface area contributed by atoms with Gasteiger partial charge in [0.2, 0.25) is 0 Å². The van der Waals surface area contributed by atoms with Crippen molar-refractivity contribution in [1.82, 2.24) is 0 Å². The van der Waals surface area contributed by atoms with E-state index in [1.807, 2.05) is 20.8 Å². The van der Waals surface area contributed by atoms with Gasteiger partial charge in [0.15, 0.2) is 6.79 Å². The molecule has 0 aromatic carbocycles. The summed E-state index contributed by atoms with van der Waals surface area (Å²) < 4.78 is 9.63. The zero-order chi connectivity index (χ0) is 8.69. The molecule has 0 saturated heterocycles. The van der Waals surface area contributed by atoms with Crippen molar-refractivity contribution in [2.75, 3.05) is 13.4 Å². The van der Waals surface area contributed by atoms with Crippen LogP contribution in [-0.4, -0.2) is 19.4 Å². The van der Waals surface area contributed by atoms with Gasteiger partial charge in [0.05, 0.1) is 5.92 Å². The lowest BCUT2D eigenvalue weighted by atomic mass is 10.1. The maximum Gasteiger partial charge on any atom is 0.310 e. The second-order valence-corrected chi connectivity index (χ2v) is 2.38. The first kappa shape index (κ1) is 10.4. The van der Waals surface area contributed by atoms with Crippen LogP contribution in [0.2, 0.25) is 0 Å². The second kappa shape index (κ2) is 6.16.